The second-order valence-corrected chi connectivity index (χ2v) is 6.75. The van der Waals surface area contributed by atoms with Gasteiger partial charge in [-0.1, -0.05) is 54.6 Å². The number of nitrogens with zero attached hydrogens (tertiary/aromatic N) is 2. The van der Waals surface area contributed by atoms with E-state index in [1.807, 2.05) is 12.1 Å². The first-order valence-corrected chi connectivity index (χ1v) is 9.11. The van der Waals surface area contributed by atoms with Gasteiger partial charge in [0.2, 0.25) is 0 Å². The molecule has 5 aromatic rings. The molecule has 0 N–H and O–H groups in total. The fourth-order valence-corrected chi connectivity index (χ4v) is 3.75. The molecular weight excluding hydrogens is 332 g/mol. The first-order chi connectivity index (χ1) is 13.3. The maximum Gasteiger partial charge on any atom is 0.118 e. The van der Waals surface area contributed by atoms with E-state index in [9.17, 15) is 0 Å². The number of para-hydroxylation sites is 2. The second-order valence-electron chi connectivity index (χ2n) is 6.75. The maximum absolute atomic E-state index is 5.28. The highest BCUT2D eigenvalue weighted by atomic mass is 16.5. The standard InChI is InChI=1S/C24H20N2O/c1-27-21-13-11-19(12-14-21)20-15-24-25(16-18-7-3-2-4-8-18)22-9-5-6-10-23(22)26(24)17-20/h2-15,17H,16H2,1H3. The van der Waals surface area contributed by atoms with E-state index in [-0.39, 0.29) is 0 Å². The van der Waals surface area contributed by atoms with Gasteiger partial charge in [0.15, 0.2) is 0 Å². The number of fused-ring (bicyclic) bond motifs is 3. The smallest absolute Gasteiger partial charge is 0.118 e. The quantitative estimate of drug-likeness (QED) is 0.411. The Morgan fingerprint density at radius 3 is 2.19 bits per heavy atom. The minimum Gasteiger partial charge on any atom is -0.497 e. The van der Waals surface area contributed by atoms with Crippen molar-refractivity contribution in [2.24, 2.45) is 0 Å². The van der Waals surface area contributed by atoms with Crippen LogP contribution in [0.3, 0.4) is 0 Å². The number of hydrogen-bond donors (Lipinski definition) is 0. The van der Waals surface area contributed by atoms with E-state index in [0.29, 0.717) is 0 Å². The van der Waals surface area contributed by atoms with Gasteiger partial charge in [0.1, 0.15) is 11.4 Å². The highest BCUT2D eigenvalue weighted by Gasteiger charge is 2.13. The molecule has 27 heavy (non-hydrogen) atoms. The van der Waals surface area contributed by atoms with E-state index in [0.717, 1.165) is 12.3 Å². The third kappa shape index (κ3) is 2.68. The van der Waals surface area contributed by atoms with Crippen LogP contribution in [0.5, 0.6) is 5.75 Å². The Labute approximate surface area is 158 Å². The van der Waals surface area contributed by atoms with Crippen molar-refractivity contribution in [2.45, 2.75) is 6.54 Å². The summed E-state index contributed by atoms with van der Waals surface area (Å²) in [6.45, 7) is 0.851. The van der Waals surface area contributed by atoms with Gasteiger partial charge in [-0.15, -0.1) is 0 Å². The van der Waals surface area contributed by atoms with Gasteiger partial charge in [-0.05, 0) is 41.5 Å². The number of rotatable bonds is 4. The van der Waals surface area contributed by atoms with Gasteiger partial charge in [0.25, 0.3) is 0 Å². The van der Waals surface area contributed by atoms with E-state index >= 15 is 0 Å². The van der Waals surface area contributed by atoms with E-state index in [2.05, 4.69) is 88.0 Å². The van der Waals surface area contributed by atoms with Crippen molar-refractivity contribution in [3.05, 3.63) is 96.7 Å². The highest BCUT2D eigenvalue weighted by Crippen LogP contribution is 2.30. The van der Waals surface area contributed by atoms with E-state index in [1.165, 1.54) is 33.4 Å². The Hall–Kier alpha value is -3.46. The number of imidazole rings is 1. The molecule has 2 heterocycles. The lowest BCUT2D eigenvalue weighted by Crippen LogP contribution is -1.98. The van der Waals surface area contributed by atoms with Crippen LogP contribution in [0.25, 0.3) is 27.8 Å². The fourth-order valence-electron chi connectivity index (χ4n) is 3.75. The van der Waals surface area contributed by atoms with Gasteiger partial charge in [-0.3, -0.25) is 0 Å². The van der Waals surface area contributed by atoms with Crippen LogP contribution < -0.4 is 4.74 Å². The summed E-state index contributed by atoms with van der Waals surface area (Å²) in [6.07, 6.45) is 2.22. The molecule has 0 fully saturated rings. The minimum atomic E-state index is 0.851. The van der Waals surface area contributed by atoms with E-state index in [1.54, 1.807) is 7.11 Å². The summed E-state index contributed by atoms with van der Waals surface area (Å²) in [5.41, 5.74) is 7.37. The lowest BCUT2D eigenvalue weighted by molar-refractivity contribution is 0.415. The zero-order valence-corrected chi connectivity index (χ0v) is 15.2. The van der Waals surface area contributed by atoms with Gasteiger partial charge in [-0.2, -0.15) is 0 Å². The van der Waals surface area contributed by atoms with Crippen LogP contribution >= 0.6 is 0 Å². The molecule has 0 bridgehead atoms. The van der Waals surface area contributed by atoms with Crippen molar-refractivity contribution in [3.63, 3.8) is 0 Å². The molecule has 0 aliphatic carbocycles. The molecule has 2 aromatic heterocycles. The summed E-state index contributed by atoms with van der Waals surface area (Å²) in [4.78, 5) is 0. The van der Waals surface area contributed by atoms with Crippen molar-refractivity contribution >= 4 is 16.7 Å². The molecule has 132 valence electrons. The molecule has 0 aliphatic rings. The van der Waals surface area contributed by atoms with Crippen molar-refractivity contribution in [3.8, 4) is 16.9 Å². The van der Waals surface area contributed by atoms with Gasteiger partial charge in [0.05, 0.1) is 18.1 Å². The summed E-state index contributed by atoms with van der Waals surface area (Å²) in [6, 6.07) is 29.7. The Balaban J connectivity index is 1.68. The summed E-state index contributed by atoms with van der Waals surface area (Å²) < 4.78 is 9.96. The van der Waals surface area contributed by atoms with Crippen molar-refractivity contribution in [1.82, 2.24) is 8.97 Å². The molecule has 0 radical (unpaired) electrons. The van der Waals surface area contributed by atoms with Crippen molar-refractivity contribution in [1.29, 1.82) is 0 Å². The summed E-state index contributed by atoms with van der Waals surface area (Å²) in [5.74, 6) is 0.876. The lowest BCUT2D eigenvalue weighted by atomic mass is 10.1. The Bertz CT molecular complexity index is 1210. The zero-order valence-electron chi connectivity index (χ0n) is 15.2. The SMILES string of the molecule is COc1ccc(-c2cc3n(Cc4ccccc4)c4ccccc4n3c2)cc1. The first-order valence-electron chi connectivity index (χ1n) is 9.11. The Morgan fingerprint density at radius 1 is 0.741 bits per heavy atom. The lowest BCUT2D eigenvalue weighted by Gasteiger charge is -2.06. The summed E-state index contributed by atoms with van der Waals surface area (Å²) >= 11 is 0. The molecule has 0 saturated heterocycles. The molecule has 3 heteroatoms. The van der Waals surface area contributed by atoms with Crippen molar-refractivity contribution < 1.29 is 4.74 Å². The average molecular weight is 352 g/mol. The molecule has 0 amide bonds. The summed E-state index contributed by atoms with van der Waals surface area (Å²) in [7, 11) is 1.69. The number of methoxy groups -OCH3 is 1. The van der Waals surface area contributed by atoms with Crippen LogP contribution in [-0.4, -0.2) is 16.1 Å². The maximum atomic E-state index is 5.28. The zero-order chi connectivity index (χ0) is 18.2. The van der Waals surface area contributed by atoms with Crippen molar-refractivity contribution in [2.75, 3.05) is 7.11 Å². The number of benzene rings is 3. The molecule has 0 unspecified atom stereocenters. The van der Waals surface area contributed by atoms with Gasteiger partial charge >= 0.3 is 0 Å². The molecule has 0 aliphatic heterocycles. The molecular formula is C24H20N2O. The topological polar surface area (TPSA) is 18.6 Å². The monoisotopic (exact) mass is 352 g/mol. The first kappa shape index (κ1) is 15.8. The van der Waals surface area contributed by atoms with Crippen LogP contribution in [0.1, 0.15) is 5.56 Å². The van der Waals surface area contributed by atoms with Crippen LogP contribution in [0.15, 0.2) is 91.1 Å². The third-order valence-electron chi connectivity index (χ3n) is 5.12. The highest BCUT2D eigenvalue weighted by molar-refractivity contribution is 5.85. The molecule has 0 spiro atoms. The van der Waals surface area contributed by atoms with E-state index in [4.69, 9.17) is 4.74 Å². The van der Waals surface area contributed by atoms with Gasteiger partial charge in [0, 0.05) is 18.3 Å². The molecule has 3 aromatic carbocycles. The third-order valence-corrected chi connectivity index (χ3v) is 5.12. The number of ether oxygens (including phenoxy) is 1. The predicted octanol–water partition coefficient (Wildman–Crippen LogP) is 5.62. The van der Waals surface area contributed by atoms with Gasteiger partial charge < -0.3 is 13.7 Å². The Morgan fingerprint density at radius 2 is 1.44 bits per heavy atom. The van der Waals surface area contributed by atoms with Gasteiger partial charge in [-0.25, -0.2) is 0 Å². The van der Waals surface area contributed by atoms with E-state index < -0.39 is 0 Å². The molecule has 3 nitrogen and oxygen atoms in total. The average Bonchev–Trinajstić information content (AvgIpc) is 3.28. The largest absolute Gasteiger partial charge is 0.497 e. The molecule has 0 atom stereocenters. The van der Waals surface area contributed by atoms with Crippen LogP contribution in [0.4, 0.5) is 0 Å². The number of aromatic nitrogens is 2. The number of hydrogen-bond acceptors (Lipinski definition) is 1. The summed E-state index contributed by atoms with van der Waals surface area (Å²) in [5, 5.41) is 0. The fraction of sp³-hybridized carbons (Fsp3) is 0.0833. The Kier molecular flexibility index (Phi) is 3.72. The molecule has 0 saturated carbocycles. The van der Waals surface area contributed by atoms with Crippen LogP contribution in [-0.2, 0) is 6.54 Å². The second kappa shape index (κ2) is 6.36. The van der Waals surface area contributed by atoms with Crippen LogP contribution in [0.2, 0.25) is 0 Å². The minimum absolute atomic E-state index is 0.851. The predicted molar refractivity (Wildman–Crippen MR) is 110 cm³/mol. The normalized spacial score (nSPS) is 11.3. The van der Waals surface area contributed by atoms with Crippen LogP contribution in [0, 0.1) is 0 Å². The molecule has 5 rings (SSSR count).